The predicted molar refractivity (Wildman–Crippen MR) is 82.2 cm³/mol. The van der Waals surface area contributed by atoms with Gasteiger partial charge in [0.1, 0.15) is 11.6 Å². The van der Waals surface area contributed by atoms with E-state index in [1.807, 2.05) is 0 Å². The highest BCUT2D eigenvalue weighted by atomic mass is 19.1. The molecule has 21 heavy (non-hydrogen) atoms. The zero-order chi connectivity index (χ0) is 15.5. The molecule has 0 aromatic heterocycles. The van der Waals surface area contributed by atoms with Crippen LogP contribution in [0.4, 0.5) is 8.78 Å². The Morgan fingerprint density at radius 3 is 2.10 bits per heavy atom. The van der Waals surface area contributed by atoms with Gasteiger partial charge in [-0.25, -0.2) is 8.78 Å². The van der Waals surface area contributed by atoms with E-state index in [0.29, 0.717) is 12.0 Å². The van der Waals surface area contributed by atoms with E-state index in [4.69, 9.17) is 5.73 Å². The van der Waals surface area contributed by atoms with Gasteiger partial charge in [0.25, 0.3) is 0 Å². The lowest BCUT2D eigenvalue weighted by molar-refractivity contribution is 0.0978. The highest BCUT2D eigenvalue weighted by Crippen LogP contribution is 2.24. The second kappa shape index (κ2) is 6.84. The predicted octanol–water partition coefficient (Wildman–Crippen LogP) is 3.49. The summed E-state index contributed by atoms with van der Waals surface area (Å²) in [5, 5.41) is 0. The minimum absolute atomic E-state index is 0.156. The molecule has 118 valence electrons. The molecule has 2 rings (SSSR count). The summed E-state index contributed by atoms with van der Waals surface area (Å²) in [7, 11) is 0. The molecule has 1 atom stereocenters. The lowest BCUT2D eigenvalue weighted by atomic mass is 9.88. The van der Waals surface area contributed by atoms with Crippen LogP contribution in [0.5, 0.6) is 0 Å². The molecule has 1 aromatic rings. The molecule has 1 aliphatic rings. The lowest BCUT2D eigenvalue weighted by Crippen LogP contribution is -2.57. The Hall–Kier alpha value is -1.00. The number of benzene rings is 1. The molecule has 1 heterocycles. The first-order valence-electron chi connectivity index (χ1n) is 7.85. The van der Waals surface area contributed by atoms with E-state index in [-0.39, 0.29) is 11.6 Å². The van der Waals surface area contributed by atoms with E-state index in [1.165, 1.54) is 37.8 Å². The Kier molecular flexibility index (Phi) is 5.33. The van der Waals surface area contributed by atoms with E-state index in [1.54, 1.807) is 0 Å². The quantitative estimate of drug-likeness (QED) is 0.921. The number of rotatable bonds is 4. The molecule has 0 saturated carbocycles. The van der Waals surface area contributed by atoms with Crippen molar-refractivity contribution in [2.24, 2.45) is 5.73 Å². The van der Waals surface area contributed by atoms with Gasteiger partial charge in [-0.05, 0) is 63.9 Å². The molecule has 1 unspecified atom stereocenters. The minimum Gasteiger partial charge on any atom is -0.326 e. The molecule has 0 spiro atoms. The topological polar surface area (TPSA) is 29.3 Å². The third-order valence-electron chi connectivity index (χ3n) is 4.71. The van der Waals surface area contributed by atoms with Crippen LogP contribution in [-0.4, -0.2) is 29.6 Å². The summed E-state index contributed by atoms with van der Waals surface area (Å²) in [6, 6.07) is 3.49. The average Bonchev–Trinajstić information content (AvgIpc) is 2.66. The summed E-state index contributed by atoms with van der Waals surface area (Å²) in [5.41, 5.74) is 6.83. The fraction of sp³-hybridized carbons (Fsp3) is 0.647. The SMILES string of the molecule is CC(C)(C(N)Cc1cc(F)cc(F)c1)N1CCCCCC1. The number of likely N-dealkylation sites (tertiary alicyclic amines) is 1. The summed E-state index contributed by atoms with van der Waals surface area (Å²) in [5.74, 6) is -1.07. The molecule has 1 aliphatic heterocycles. The van der Waals surface area contributed by atoms with E-state index in [0.717, 1.165) is 19.2 Å². The van der Waals surface area contributed by atoms with Gasteiger partial charge >= 0.3 is 0 Å². The smallest absolute Gasteiger partial charge is 0.126 e. The molecule has 1 saturated heterocycles. The average molecular weight is 296 g/mol. The second-order valence-corrected chi connectivity index (χ2v) is 6.64. The first-order chi connectivity index (χ1) is 9.89. The van der Waals surface area contributed by atoms with Gasteiger partial charge in [0, 0.05) is 17.6 Å². The zero-order valence-electron chi connectivity index (χ0n) is 13.0. The van der Waals surface area contributed by atoms with Crippen molar-refractivity contribution >= 4 is 0 Å². The monoisotopic (exact) mass is 296 g/mol. The van der Waals surface area contributed by atoms with Crippen molar-refractivity contribution in [3.05, 3.63) is 35.4 Å². The molecular weight excluding hydrogens is 270 g/mol. The molecular formula is C17H26F2N2. The van der Waals surface area contributed by atoms with Crippen molar-refractivity contribution in [1.82, 2.24) is 4.90 Å². The lowest BCUT2D eigenvalue weighted by Gasteiger charge is -2.42. The van der Waals surface area contributed by atoms with Crippen molar-refractivity contribution in [3.63, 3.8) is 0 Å². The van der Waals surface area contributed by atoms with Crippen molar-refractivity contribution < 1.29 is 8.78 Å². The van der Waals surface area contributed by atoms with Crippen molar-refractivity contribution in [1.29, 1.82) is 0 Å². The Balaban J connectivity index is 2.07. The highest BCUT2D eigenvalue weighted by molar-refractivity contribution is 5.20. The van der Waals surface area contributed by atoms with Gasteiger partial charge in [0.05, 0.1) is 0 Å². The van der Waals surface area contributed by atoms with Gasteiger partial charge in [-0.3, -0.25) is 4.90 Å². The maximum absolute atomic E-state index is 13.3. The maximum Gasteiger partial charge on any atom is 0.126 e. The third-order valence-corrected chi connectivity index (χ3v) is 4.71. The molecule has 4 heteroatoms. The van der Waals surface area contributed by atoms with E-state index in [2.05, 4.69) is 18.7 Å². The van der Waals surface area contributed by atoms with Gasteiger partial charge in [0.15, 0.2) is 0 Å². The largest absolute Gasteiger partial charge is 0.326 e. The highest BCUT2D eigenvalue weighted by Gasteiger charge is 2.33. The van der Waals surface area contributed by atoms with Crippen molar-refractivity contribution in [2.45, 2.75) is 57.5 Å². The summed E-state index contributed by atoms with van der Waals surface area (Å²) in [4.78, 5) is 2.43. The Labute approximate surface area is 126 Å². The van der Waals surface area contributed by atoms with Crippen LogP contribution in [0.15, 0.2) is 18.2 Å². The number of hydrogen-bond acceptors (Lipinski definition) is 2. The number of nitrogens with zero attached hydrogens (tertiary/aromatic N) is 1. The summed E-state index contributed by atoms with van der Waals surface area (Å²) < 4.78 is 26.6. The van der Waals surface area contributed by atoms with Gasteiger partial charge in [-0.2, -0.15) is 0 Å². The van der Waals surface area contributed by atoms with E-state index in [9.17, 15) is 8.78 Å². The van der Waals surface area contributed by atoms with Crippen molar-refractivity contribution in [3.8, 4) is 0 Å². The summed E-state index contributed by atoms with van der Waals surface area (Å²) >= 11 is 0. The molecule has 2 nitrogen and oxygen atoms in total. The molecule has 1 fully saturated rings. The Morgan fingerprint density at radius 1 is 1.05 bits per heavy atom. The first-order valence-corrected chi connectivity index (χ1v) is 7.85. The number of nitrogens with two attached hydrogens (primary N) is 1. The van der Waals surface area contributed by atoms with E-state index < -0.39 is 11.6 Å². The summed E-state index contributed by atoms with van der Waals surface area (Å²) in [6.45, 7) is 6.38. The maximum atomic E-state index is 13.3. The minimum atomic E-state index is -0.537. The van der Waals surface area contributed by atoms with E-state index >= 15 is 0 Å². The van der Waals surface area contributed by atoms with Crippen LogP contribution in [0.1, 0.15) is 45.1 Å². The zero-order valence-corrected chi connectivity index (χ0v) is 13.0. The van der Waals surface area contributed by atoms with Crippen LogP contribution in [0.3, 0.4) is 0 Å². The van der Waals surface area contributed by atoms with Gasteiger partial charge in [-0.1, -0.05) is 12.8 Å². The molecule has 0 bridgehead atoms. The molecule has 0 amide bonds. The van der Waals surface area contributed by atoms with Crippen LogP contribution in [0, 0.1) is 11.6 Å². The second-order valence-electron chi connectivity index (χ2n) is 6.64. The molecule has 2 N–H and O–H groups in total. The fourth-order valence-electron chi connectivity index (χ4n) is 3.11. The number of halogens is 2. The van der Waals surface area contributed by atoms with Crippen LogP contribution in [0.25, 0.3) is 0 Å². The molecule has 1 aromatic carbocycles. The van der Waals surface area contributed by atoms with Gasteiger partial charge in [0.2, 0.25) is 0 Å². The normalized spacial score (nSPS) is 19.3. The van der Waals surface area contributed by atoms with Crippen LogP contribution in [-0.2, 0) is 6.42 Å². The third kappa shape index (κ3) is 4.24. The number of hydrogen-bond donors (Lipinski definition) is 1. The van der Waals surface area contributed by atoms with Gasteiger partial charge in [-0.15, -0.1) is 0 Å². The summed E-state index contributed by atoms with van der Waals surface area (Å²) in [6.07, 6.45) is 5.43. The Bertz CT molecular complexity index is 446. The van der Waals surface area contributed by atoms with Crippen LogP contribution < -0.4 is 5.73 Å². The van der Waals surface area contributed by atoms with Crippen LogP contribution >= 0.6 is 0 Å². The Morgan fingerprint density at radius 2 is 1.57 bits per heavy atom. The molecule has 0 aliphatic carbocycles. The van der Waals surface area contributed by atoms with Crippen molar-refractivity contribution in [2.75, 3.05) is 13.1 Å². The molecule has 0 radical (unpaired) electrons. The standard InChI is InChI=1S/C17H26F2N2/c1-17(2,21-7-5-3-4-6-8-21)16(20)11-13-9-14(18)12-15(19)10-13/h9-10,12,16H,3-8,11,20H2,1-2H3. The van der Waals surface area contributed by atoms with Crippen LogP contribution in [0.2, 0.25) is 0 Å². The first kappa shape index (κ1) is 16.4. The van der Waals surface area contributed by atoms with Gasteiger partial charge < -0.3 is 5.73 Å². The fourth-order valence-corrected chi connectivity index (χ4v) is 3.11.